The van der Waals surface area contributed by atoms with E-state index in [-0.39, 0.29) is 12.3 Å². The first kappa shape index (κ1) is 16.0. The van der Waals surface area contributed by atoms with Crippen LogP contribution >= 0.6 is 15.9 Å². The van der Waals surface area contributed by atoms with Crippen LogP contribution < -0.4 is 4.74 Å². The Bertz CT molecular complexity index is 717. The zero-order valence-corrected chi connectivity index (χ0v) is 13.2. The fraction of sp³-hybridized carbons (Fsp3) is 0.133. The van der Waals surface area contributed by atoms with E-state index in [4.69, 9.17) is 9.47 Å². The summed E-state index contributed by atoms with van der Waals surface area (Å²) in [5.74, 6) is -0.0949. The lowest BCUT2D eigenvalue weighted by molar-refractivity contribution is -0.385. The molecule has 0 saturated heterocycles. The highest BCUT2D eigenvalue weighted by Crippen LogP contribution is 2.25. The number of ether oxygens (including phenoxy) is 2. The van der Waals surface area contributed by atoms with E-state index >= 15 is 0 Å². The van der Waals surface area contributed by atoms with Crippen LogP contribution in [0.1, 0.15) is 15.9 Å². The van der Waals surface area contributed by atoms with E-state index in [1.165, 1.54) is 25.3 Å². The molecule has 0 aliphatic carbocycles. The summed E-state index contributed by atoms with van der Waals surface area (Å²) >= 11 is 3.27. The lowest BCUT2D eigenvalue weighted by atomic mass is 10.2. The first-order valence-corrected chi connectivity index (χ1v) is 7.04. The smallest absolute Gasteiger partial charge is 0.338 e. The van der Waals surface area contributed by atoms with Gasteiger partial charge in [-0.05, 0) is 24.3 Å². The lowest BCUT2D eigenvalue weighted by Gasteiger charge is -2.09. The fourth-order valence-electron chi connectivity index (χ4n) is 1.83. The van der Waals surface area contributed by atoms with Crippen LogP contribution in [-0.4, -0.2) is 18.0 Å². The van der Waals surface area contributed by atoms with E-state index < -0.39 is 10.9 Å². The molecule has 114 valence electrons. The highest BCUT2D eigenvalue weighted by atomic mass is 79.9. The third-order valence-corrected chi connectivity index (χ3v) is 3.39. The number of nitro groups is 1. The monoisotopic (exact) mass is 365 g/mol. The average molecular weight is 366 g/mol. The zero-order chi connectivity index (χ0) is 16.1. The quantitative estimate of drug-likeness (QED) is 0.458. The van der Waals surface area contributed by atoms with Crippen molar-refractivity contribution in [1.82, 2.24) is 0 Å². The summed E-state index contributed by atoms with van der Waals surface area (Å²) in [5.41, 5.74) is 0.730. The van der Waals surface area contributed by atoms with Crippen LogP contribution in [-0.2, 0) is 11.3 Å². The summed E-state index contributed by atoms with van der Waals surface area (Å²) in [7, 11) is 1.45. The number of esters is 1. The number of non-ortho nitro benzene ring substituents is 1. The molecule has 22 heavy (non-hydrogen) atoms. The standard InChI is InChI=1S/C15H12BrNO5/c1-21-14-6-5-13(17(19)20)8-11(14)9-22-15(18)10-3-2-4-12(16)7-10/h2-8H,9H2,1H3. The Hall–Kier alpha value is -2.41. The van der Waals surface area contributed by atoms with Crippen LogP contribution in [0, 0.1) is 10.1 Å². The van der Waals surface area contributed by atoms with Crippen LogP contribution in [0.2, 0.25) is 0 Å². The van der Waals surface area contributed by atoms with Crippen molar-refractivity contribution in [3.05, 3.63) is 68.2 Å². The number of hydrogen-bond acceptors (Lipinski definition) is 5. The van der Waals surface area contributed by atoms with E-state index in [2.05, 4.69) is 15.9 Å². The van der Waals surface area contributed by atoms with E-state index in [0.29, 0.717) is 16.9 Å². The molecule has 0 bridgehead atoms. The first-order chi connectivity index (χ1) is 10.5. The Labute approximate surface area is 134 Å². The molecule has 2 aromatic rings. The Morgan fingerprint density at radius 1 is 1.27 bits per heavy atom. The molecular weight excluding hydrogens is 354 g/mol. The maximum atomic E-state index is 12.0. The number of methoxy groups -OCH3 is 1. The number of hydrogen-bond donors (Lipinski definition) is 0. The van der Waals surface area contributed by atoms with E-state index in [1.807, 2.05) is 0 Å². The number of nitrogens with zero attached hydrogens (tertiary/aromatic N) is 1. The van der Waals surface area contributed by atoms with Gasteiger partial charge in [0.1, 0.15) is 12.4 Å². The second-order valence-corrected chi connectivity index (χ2v) is 5.26. The minimum atomic E-state index is -0.519. The molecule has 0 radical (unpaired) electrons. The van der Waals surface area contributed by atoms with Crippen LogP contribution in [0.25, 0.3) is 0 Å². The average Bonchev–Trinajstić information content (AvgIpc) is 2.52. The molecule has 0 spiro atoms. The second-order valence-electron chi connectivity index (χ2n) is 4.34. The number of carbonyl (C=O) groups is 1. The SMILES string of the molecule is COc1ccc([N+](=O)[O-])cc1COC(=O)c1cccc(Br)c1. The third kappa shape index (κ3) is 3.82. The van der Waals surface area contributed by atoms with Gasteiger partial charge in [-0.15, -0.1) is 0 Å². The molecule has 0 heterocycles. The minimum absolute atomic E-state index is 0.0886. The predicted octanol–water partition coefficient (Wildman–Crippen LogP) is 3.72. The highest BCUT2D eigenvalue weighted by molar-refractivity contribution is 9.10. The molecule has 2 rings (SSSR count). The van der Waals surface area contributed by atoms with E-state index in [1.54, 1.807) is 24.3 Å². The Balaban J connectivity index is 2.15. The molecule has 0 fully saturated rings. The molecule has 0 aromatic heterocycles. The van der Waals surface area contributed by atoms with Crippen molar-refractivity contribution in [2.45, 2.75) is 6.61 Å². The molecule has 0 atom stereocenters. The lowest BCUT2D eigenvalue weighted by Crippen LogP contribution is -2.06. The molecule has 0 unspecified atom stereocenters. The van der Waals surface area contributed by atoms with E-state index in [0.717, 1.165) is 4.47 Å². The van der Waals surface area contributed by atoms with Gasteiger partial charge in [-0.3, -0.25) is 10.1 Å². The van der Waals surface area contributed by atoms with Crippen molar-refractivity contribution < 1.29 is 19.2 Å². The van der Waals surface area contributed by atoms with E-state index in [9.17, 15) is 14.9 Å². The topological polar surface area (TPSA) is 78.7 Å². The Morgan fingerprint density at radius 3 is 2.68 bits per heavy atom. The third-order valence-electron chi connectivity index (χ3n) is 2.89. The zero-order valence-electron chi connectivity index (χ0n) is 11.6. The van der Waals surface area contributed by atoms with Gasteiger partial charge < -0.3 is 9.47 Å². The maximum Gasteiger partial charge on any atom is 0.338 e. The van der Waals surface area contributed by atoms with Gasteiger partial charge in [-0.1, -0.05) is 22.0 Å². The van der Waals surface area contributed by atoms with Crippen molar-refractivity contribution in [1.29, 1.82) is 0 Å². The molecule has 0 N–H and O–H groups in total. The van der Waals surface area contributed by atoms with Gasteiger partial charge >= 0.3 is 5.97 Å². The van der Waals surface area contributed by atoms with Crippen molar-refractivity contribution in [2.75, 3.05) is 7.11 Å². The predicted molar refractivity (Wildman–Crippen MR) is 82.9 cm³/mol. The summed E-state index contributed by atoms with van der Waals surface area (Å²) < 4.78 is 11.1. The molecule has 0 aliphatic heterocycles. The van der Waals surface area contributed by atoms with Gasteiger partial charge in [0.15, 0.2) is 0 Å². The number of carbonyl (C=O) groups excluding carboxylic acids is 1. The number of rotatable bonds is 5. The van der Waals surface area contributed by atoms with Crippen LogP contribution in [0.15, 0.2) is 46.9 Å². The van der Waals surface area contributed by atoms with Gasteiger partial charge in [0.05, 0.1) is 17.6 Å². The largest absolute Gasteiger partial charge is 0.496 e. The molecule has 0 saturated carbocycles. The normalized spacial score (nSPS) is 10.1. The van der Waals surface area contributed by atoms with Crippen molar-refractivity contribution in [3.8, 4) is 5.75 Å². The van der Waals surface area contributed by atoms with Gasteiger partial charge in [-0.2, -0.15) is 0 Å². The van der Waals surface area contributed by atoms with Crippen molar-refractivity contribution in [2.24, 2.45) is 0 Å². The molecular formula is C15H12BrNO5. The highest BCUT2D eigenvalue weighted by Gasteiger charge is 2.14. The van der Waals surface area contributed by atoms with Crippen molar-refractivity contribution >= 4 is 27.6 Å². The van der Waals surface area contributed by atoms with Gasteiger partial charge in [0, 0.05) is 22.2 Å². The summed E-state index contributed by atoms with van der Waals surface area (Å²) in [5, 5.41) is 10.8. The summed E-state index contributed by atoms with van der Waals surface area (Å²) in [6.45, 7) is -0.115. The van der Waals surface area contributed by atoms with Crippen LogP contribution in [0.3, 0.4) is 0 Å². The van der Waals surface area contributed by atoms with Gasteiger partial charge in [0.2, 0.25) is 0 Å². The van der Waals surface area contributed by atoms with Crippen LogP contribution in [0.4, 0.5) is 5.69 Å². The first-order valence-electron chi connectivity index (χ1n) is 6.25. The molecule has 7 heteroatoms. The maximum absolute atomic E-state index is 12.0. The molecule has 0 aliphatic rings. The molecule has 6 nitrogen and oxygen atoms in total. The number of benzene rings is 2. The molecule has 2 aromatic carbocycles. The van der Waals surface area contributed by atoms with Gasteiger partial charge in [0.25, 0.3) is 5.69 Å². The van der Waals surface area contributed by atoms with Crippen molar-refractivity contribution in [3.63, 3.8) is 0 Å². The molecule has 0 amide bonds. The number of halogens is 1. The summed E-state index contributed by atoms with van der Waals surface area (Å²) in [4.78, 5) is 22.3. The van der Waals surface area contributed by atoms with Gasteiger partial charge in [-0.25, -0.2) is 4.79 Å². The summed E-state index contributed by atoms with van der Waals surface area (Å²) in [6, 6.07) is 10.9. The van der Waals surface area contributed by atoms with Crippen LogP contribution in [0.5, 0.6) is 5.75 Å². The number of nitro benzene ring substituents is 1. The summed E-state index contributed by atoms with van der Waals surface area (Å²) in [6.07, 6.45) is 0. The Morgan fingerprint density at radius 2 is 2.05 bits per heavy atom. The second kappa shape index (κ2) is 7.04. The Kier molecular flexibility index (Phi) is 5.11. The minimum Gasteiger partial charge on any atom is -0.496 e. The fourth-order valence-corrected chi connectivity index (χ4v) is 2.23.